The van der Waals surface area contributed by atoms with Crippen LogP contribution < -0.4 is 5.32 Å². The largest absolute Gasteiger partial charge is 0.394 e. The van der Waals surface area contributed by atoms with Crippen molar-refractivity contribution in [1.82, 2.24) is 5.32 Å². The second kappa shape index (κ2) is 53.2. The highest BCUT2D eigenvalue weighted by molar-refractivity contribution is 5.80. The zero-order chi connectivity index (χ0) is 45.8. The number of allylic oxidation sites excluding steroid dienone is 5. The van der Waals surface area contributed by atoms with Crippen LogP contribution in [0, 0.1) is 0 Å². The van der Waals surface area contributed by atoms with Gasteiger partial charge in [-0.15, -0.1) is 0 Å². The van der Waals surface area contributed by atoms with Crippen molar-refractivity contribution in [2.75, 3.05) is 6.61 Å². The molecule has 0 heterocycles. The molecule has 5 nitrogen and oxygen atoms in total. The molecule has 0 aliphatic rings. The van der Waals surface area contributed by atoms with E-state index in [1.54, 1.807) is 6.08 Å². The van der Waals surface area contributed by atoms with Crippen molar-refractivity contribution in [1.29, 1.82) is 0 Å². The zero-order valence-corrected chi connectivity index (χ0v) is 42.5. The first kappa shape index (κ1) is 61.6. The molecule has 4 N–H and O–H groups in total. The Balaban J connectivity index is 3.60. The van der Waals surface area contributed by atoms with Crippen LogP contribution >= 0.6 is 0 Å². The Morgan fingerprint density at radius 1 is 0.381 bits per heavy atom. The van der Waals surface area contributed by atoms with Crippen LogP contribution in [0.3, 0.4) is 0 Å². The van der Waals surface area contributed by atoms with Crippen molar-refractivity contribution in [2.24, 2.45) is 0 Å². The fourth-order valence-electron chi connectivity index (χ4n) is 8.81. The van der Waals surface area contributed by atoms with Gasteiger partial charge >= 0.3 is 0 Å². The fraction of sp³-hybridized carbons (Fsp3) is 0.879. The van der Waals surface area contributed by atoms with E-state index in [0.717, 1.165) is 44.9 Å². The lowest BCUT2D eigenvalue weighted by Crippen LogP contribution is -2.48. The van der Waals surface area contributed by atoms with Crippen molar-refractivity contribution in [2.45, 2.75) is 321 Å². The van der Waals surface area contributed by atoms with Gasteiger partial charge in [-0.2, -0.15) is 0 Å². The minimum absolute atomic E-state index is 0.379. The van der Waals surface area contributed by atoms with Gasteiger partial charge in [0, 0.05) is 0 Å². The topological polar surface area (TPSA) is 89.8 Å². The number of carbonyl (C=O) groups excluding carboxylic acids is 1. The summed E-state index contributed by atoms with van der Waals surface area (Å²) >= 11 is 0. The molecule has 3 atom stereocenters. The molecule has 0 aliphatic heterocycles. The molecule has 5 heteroatoms. The van der Waals surface area contributed by atoms with Crippen molar-refractivity contribution in [3.8, 4) is 0 Å². The van der Waals surface area contributed by atoms with Crippen molar-refractivity contribution in [3.05, 3.63) is 36.5 Å². The molecular weight excluding hydrogens is 775 g/mol. The van der Waals surface area contributed by atoms with E-state index >= 15 is 0 Å². The van der Waals surface area contributed by atoms with Crippen LogP contribution in [0.15, 0.2) is 36.5 Å². The van der Waals surface area contributed by atoms with E-state index in [1.807, 2.05) is 6.08 Å². The zero-order valence-electron chi connectivity index (χ0n) is 42.5. The molecule has 0 saturated carbocycles. The minimum Gasteiger partial charge on any atom is -0.394 e. The molecule has 0 aromatic heterocycles. The second-order valence-electron chi connectivity index (χ2n) is 19.5. The summed E-state index contributed by atoms with van der Waals surface area (Å²) in [6.45, 7) is 4.20. The lowest BCUT2D eigenvalue weighted by Gasteiger charge is -2.21. The molecule has 63 heavy (non-hydrogen) atoms. The smallest absolute Gasteiger partial charge is 0.249 e. The Bertz CT molecular complexity index is 978. The first-order valence-electron chi connectivity index (χ1n) is 28.3. The van der Waals surface area contributed by atoms with Crippen molar-refractivity contribution >= 4 is 5.91 Å². The molecule has 0 bridgehead atoms. The van der Waals surface area contributed by atoms with Crippen molar-refractivity contribution < 1.29 is 20.1 Å². The van der Waals surface area contributed by atoms with Crippen LogP contribution in [0.4, 0.5) is 0 Å². The Kier molecular flexibility index (Phi) is 52.0. The van der Waals surface area contributed by atoms with Gasteiger partial charge in [0.15, 0.2) is 0 Å². The lowest BCUT2D eigenvalue weighted by molar-refractivity contribution is -0.131. The van der Waals surface area contributed by atoms with Crippen LogP contribution in [0.1, 0.15) is 303 Å². The van der Waals surface area contributed by atoms with Gasteiger partial charge in [0.1, 0.15) is 6.10 Å². The molecule has 0 aromatic carbocycles. The van der Waals surface area contributed by atoms with Gasteiger partial charge in [0.2, 0.25) is 5.91 Å². The number of carbonyl (C=O) groups is 1. The molecule has 0 saturated heterocycles. The highest BCUT2D eigenvalue weighted by atomic mass is 16.3. The third kappa shape index (κ3) is 48.3. The molecule has 3 unspecified atom stereocenters. The first-order chi connectivity index (χ1) is 31.1. The first-order valence-corrected chi connectivity index (χ1v) is 28.3. The maximum Gasteiger partial charge on any atom is 0.249 e. The third-order valence-corrected chi connectivity index (χ3v) is 13.2. The fourth-order valence-corrected chi connectivity index (χ4v) is 8.81. The van der Waals surface area contributed by atoms with E-state index in [1.165, 1.54) is 238 Å². The molecular formula is C58H111NO4. The summed E-state index contributed by atoms with van der Waals surface area (Å²) in [6, 6.07) is -0.820. The van der Waals surface area contributed by atoms with Gasteiger partial charge in [0.25, 0.3) is 0 Å². The summed E-state index contributed by atoms with van der Waals surface area (Å²) in [6.07, 6.45) is 69.4. The van der Waals surface area contributed by atoms with E-state index in [0.29, 0.717) is 6.42 Å². The number of nitrogens with one attached hydrogen (secondary N) is 1. The molecule has 0 radical (unpaired) electrons. The standard InChI is InChI=1S/C58H111NO4/c1-3-5-7-9-11-13-15-17-19-21-23-25-27-28-29-30-31-33-35-37-39-41-43-45-47-49-51-53-57(62)58(63)59-55(54-60)56(61)52-50-48-46-44-42-40-38-36-34-32-26-24-22-20-18-16-14-12-10-8-6-4-2/h34,36,42,44,50,52,55-57,60-62H,3-33,35,37-41,43,45-49,51,53-54H2,1-2H3,(H,59,63)/b36-34+,44-42+,52-50+. The molecule has 0 rings (SSSR count). The average Bonchev–Trinajstić information content (AvgIpc) is 3.29. The third-order valence-electron chi connectivity index (χ3n) is 13.2. The van der Waals surface area contributed by atoms with Crippen LogP contribution in [-0.2, 0) is 4.79 Å². The van der Waals surface area contributed by atoms with Crippen LogP contribution in [0.5, 0.6) is 0 Å². The van der Waals surface area contributed by atoms with E-state index < -0.39 is 24.2 Å². The molecule has 1 amide bonds. The maximum atomic E-state index is 12.5. The average molecular weight is 887 g/mol. The second-order valence-corrected chi connectivity index (χ2v) is 19.5. The van der Waals surface area contributed by atoms with Gasteiger partial charge in [-0.3, -0.25) is 4.79 Å². The summed E-state index contributed by atoms with van der Waals surface area (Å²) in [5, 5.41) is 33.3. The summed E-state index contributed by atoms with van der Waals surface area (Å²) < 4.78 is 0. The summed E-state index contributed by atoms with van der Waals surface area (Å²) in [4.78, 5) is 12.5. The quantitative estimate of drug-likeness (QED) is 0.0362. The highest BCUT2D eigenvalue weighted by Gasteiger charge is 2.22. The summed E-state index contributed by atoms with van der Waals surface area (Å²) in [5.74, 6) is -0.512. The maximum absolute atomic E-state index is 12.5. The van der Waals surface area contributed by atoms with E-state index in [-0.39, 0.29) is 6.61 Å². The Labute approximate surface area is 394 Å². The molecule has 0 fully saturated rings. The van der Waals surface area contributed by atoms with Gasteiger partial charge in [-0.1, -0.05) is 294 Å². The number of rotatable bonds is 52. The van der Waals surface area contributed by atoms with Gasteiger partial charge < -0.3 is 20.6 Å². The molecule has 372 valence electrons. The Hall–Kier alpha value is -1.43. The molecule has 0 spiro atoms. The van der Waals surface area contributed by atoms with Crippen LogP contribution in [-0.4, -0.2) is 46.1 Å². The van der Waals surface area contributed by atoms with Crippen LogP contribution in [0.2, 0.25) is 0 Å². The predicted octanol–water partition coefficient (Wildman–Crippen LogP) is 17.4. The molecule has 0 aliphatic carbocycles. The van der Waals surface area contributed by atoms with E-state index in [9.17, 15) is 20.1 Å². The minimum atomic E-state index is -1.11. The number of amides is 1. The van der Waals surface area contributed by atoms with Gasteiger partial charge in [-0.05, 0) is 44.9 Å². The number of unbranched alkanes of at least 4 members (excludes halogenated alkanes) is 40. The van der Waals surface area contributed by atoms with Crippen LogP contribution in [0.25, 0.3) is 0 Å². The lowest BCUT2D eigenvalue weighted by atomic mass is 10.0. The molecule has 0 aromatic rings. The number of aliphatic hydroxyl groups is 3. The highest BCUT2D eigenvalue weighted by Crippen LogP contribution is 2.17. The van der Waals surface area contributed by atoms with E-state index in [4.69, 9.17) is 0 Å². The summed E-state index contributed by atoms with van der Waals surface area (Å²) in [7, 11) is 0. The number of hydrogen-bond acceptors (Lipinski definition) is 4. The predicted molar refractivity (Wildman–Crippen MR) is 278 cm³/mol. The Morgan fingerprint density at radius 2 is 0.651 bits per heavy atom. The summed E-state index contributed by atoms with van der Waals surface area (Å²) in [5.41, 5.74) is 0. The monoisotopic (exact) mass is 886 g/mol. The normalized spacial score (nSPS) is 13.5. The Morgan fingerprint density at radius 3 is 0.968 bits per heavy atom. The van der Waals surface area contributed by atoms with Gasteiger partial charge in [0.05, 0.1) is 18.8 Å². The number of aliphatic hydroxyl groups excluding tert-OH is 3. The number of hydrogen-bond donors (Lipinski definition) is 4. The van der Waals surface area contributed by atoms with Gasteiger partial charge in [-0.25, -0.2) is 0 Å². The van der Waals surface area contributed by atoms with E-state index in [2.05, 4.69) is 43.5 Å². The SMILES string of the molecule is CCCCCCCCCCCCCC/C=C/CC/C=C/CC/C=C/C(O)C(CO)NC(=O)C(O)CCCCCCCCCCCCCCCCCCCCCCCCCCCCC. The van der Waals surface area contributed by atoms with Crippen molar-refractivity contribution in [3.63, 3.8) is 0 Å².